The average Bonchev–Trinajstić information content (AvgIpc) is 2.69. The summed E-state index contributed by atoms with van der Waals surface area (Å²) in [5.74, 6) is 2.12. The van der Waals surface area contributed by atoms with Crippen LogP contribution in [0.5, 0.6) is 0 Å². The van der Waals surface area contributed by atoms with E-state index in [2.05, 4.69) is 87.3 Å². The van der Waals surface area contributed by atoms with Gasteiger partial charge in [0.25, 0.3) is 0 Å². The standard InChI is InChI=1S/C26H33N/c1-5-6-7-8-25-21(4)27-18-17-26(25)24-15-13-23(14-16-24)20(3)22-11-9-19(2)10-12-22/h5-12,17-18,20,23-24H,13-16H2,1-4H3/b6-5+,8-7-. The van der Waals surface area contributed by atoms with Crippen LogP contribution in [0.3, 0.4) is 0 Å². The predicted octanol–water partition coefficient (Wildman–Crippen LogP) is 7.37. The van der Waals surface area contributed by atoms with Gasteiger partial charge in [0.05, 0.1) is 0 Å². The van der Waals surface area contributed by atoms with Gasteiger partial charge in [-0.1, -0.05) is 61.1 Å². The summed E-state index contributed by atoms with van der Waals surface area (Å²) in [6.07, 6.45) is 15.7. The lowest BCUT2D eigenvalue weighted by atomic mass is 9.72. The van der Waals surface area contributed by atoms with Crippen molar-refractivity contribution in [3.05, 3.63) is 82.7 Å². The summed E-state index contributed by atoms with van der Waals surface area (Å²) in [6, 6.07) is 11.4. The zero-order valence-corrected chi connectivity index (χ0v) is 17.3. The maximum atomic E-state index is 4.53. The molecule has 1 unspecified atom stereocenters. The number of aryl methyl sites for hydroxylation is 2. The Morgan fingerprint density at radius 3 is 2.33 bits per heavy atom. The van der Waals surface area contributed by atoms with Crippen molar-refractivity contribution < 1.29 is 0 Å². The number of benzene rings is 1. The number of rotatable bonds is 5. The molecular weight excluding hydrogens is 326 g/mol. The second-order valence-electron chi connectivity index (χ2n) is 8.10. The highest BCUT2D eigenvalue weighted by Gasteiger charge is 2.28. The molecule has 1 heterocycles. The van der Waals surface area contributed by atoms with Crippen LogP contribution in [0.2, 0.25) is 0 Å². The molecule has 0 spiro atoms. The van der Waals surface area contributed by atoms with Crippen molar-refractivity contribution in [1.82, 2.24) is 4.98 Å². The zero-order chi connectivity index (χ0) is 19.2. The van der Waals surface area contributed by atoms with E-state index in [1.807, 2.05) is 6.20 Å². The van der Waals surface area contributed by atoms with E-state index in [1.54, 1.807) is 0 Å². The van der Waals surface area contributed by atoms with Gasteiger partial charge in [0.15, 0.2) is 0 Å². The van der Waals surface area contributed by atoms with Crippen molar-refractivity contribution in [2.24, 2.45) is 5.92 Å². The molecule has 1 aliphatic carbocycles. The van der Waals surface area contributed by atoms with Crippen LogP contribution in [0.15, 0.2) is 54.8 Å². The fraction of sp³-hybridized carbons (Fsp3) is 0.423. The molecule has 1 saturated carbocycles. The molecule has 142 valence electrons. The summed E-state index contributed by atoms with van der Waals surface area (Å²) in [7, 11) is 0. The Morgan fingerprint density at radius 2 is 1.67 bits per heavy atom. The quantitative estimate of drug-likeness (QED) is 0.508. The Hall–Kier alpha value is -2.15. The van der Waals surface area contributed by atoms with Gasteiger partial charge in [0.1, 0.15) is 0 Å². The van der Waals surface area contributed by atoms with Gasteiger partial charge < -0.3 is 0 Å². The van der Waals surface area contributed by atoms with Gasteiger partial charge in [-0.05, 0) is 87.0 Å². The topological polar surface area (TPSA) is 12.9 Å². The number of nitrogens with zero attached hydrogens (tertiary/aromatic N) is 1. The van der Waals surface area contributed by atoms with E-state index in [0.29, 0.717) is 11.8 Å². The summed E-state index contributed by atoms with van der Waals surface area (Å²) >= 11 is 0. The molecule has 0 N–H and O–H groups in total. The number of allylic oxidation sites excluding steroid dienone is 3. The number of pyridine rings is 1. The van der Waals surface area contributed by atoms with Gasteiger partial charge in [-0.25, -0.2) is 0 Å². The number of aromatic nitrogens is 1. The van der Waals surface area contributed by atoms with E-state index < -0.39 is 0 Å². The molecule has 0 amide bonds. The van der Waals surface area contributed by atoms with Crippen LogP contribution in [0.25, 0.3) is 6.08 Å². The zero-order valence-electron chi connectivity index (χ0n) is 17.3. The van der Waals surface area contributed by atoms with Crippen molar-refractivity contribution >= 4 is 6.08 Å². The first-order chi connectivity index (χ1) is 13.1. The highest BCUT2D eigenvalue weighted by Crippen LogP contribution is 2.42. The normalized spacial score (nSPS) is 21.8. The molecule has 0 bridgehead atoms. The highest BCUT2D eigenvalue weighted by molar-refractivity contribution is 5.58. The van der Waals surface area contributed by atoms with Crippen molar-refractivity contribution in [2.45, 2.75) is 65.2 Å². The van der Waals surface area contributed by atoms with E-state index in [4.69, 9.17) is 0 Å². The smallest absolute Gasteiger partial charge is 0.0447 e. The minimum Gasteiger partial charge on any atom is -0.261 e. The molecule has 2 aromatic rings. The van der Waals surface area contributed by atoms with Gasteiger partial charge in [-0.15, -0.1) is 0 Å². The number of hydrogen-bond donors (Lipinski definition) is 0. The Labute approximate surface area is 165 Å². The highest BCUT2D eigenvalue weighted by atomic mass is 14.7. The van der Waals surface area contributed by atoms with Crippen molar-refractivity contribution in [2.75, 3.05) is 0 Å². The van der Waals surface area contributed by atoms with Crippen LogP contribution in [0.4, 0.5) is 0 Å². The summed E-state index contributed by atoms with van der Waals surface area (Å²) in [5.41, 5.74) is 6.80. The maximum absolute atomic E-state index is 4.53. The Balaban J connectivity index is 1.70. The lowest BCUT2D eigenvalue weighted by Crippen LogP contribution is -2.19. The average molecular weight is 360 g/mol. The van der Waals surface area contributed by atoms with E-state index in [0.717, 1.165) is 11.6 Å². The fourth-order valence-electron chi connectivity index (χ4n) is 4.51. The molecule has 1 aromatic heterocycles. The Bertz CT molecular complexity index is 789. The largest absolute Gasteiger partial charge is 0.261 e. The summed E-state index contributed by atoms with van der Waals surface area (Å²) in [5, 5.41) is 0. The van der Waals surface area contributed by atoms with E-state index >= 15 is 0 Å². The van der Waals surface area contributed by atoms with Crippen LogP contribution < -0.4 is 0 Å². The van der Waals surface area contributed by atoms with E-state index in [-0.39, 0.29) is 0 Å². The lowest BCUT2D eigenvalue weighted by Gasteiger charge is -2.33. The molecule has 1 aromatic carbocycles. The predicted molar refractivity (Wildman–Crippen MR) is 117 cm³/mol. The molecule has 3 rings (SSSR count). The molecule has 0 aliphatic heterocycles. The number of hydrogen-bond acceptors (Lipinski definition) is 1. The maximum Gasteiger partial charge on any atom is 0.0447 e. The lowest BCUT2D eigenvalue weighted by molar-refractivity contribution is 0.290. The van der Waals surface area contributed by atoms with Crippen LogP contribution in [0, 0.1) is 19.8 Å². The summed E-state index contributed by atoms with van der Waals surface area (Å²) in [6.45, 7) is 8.76. The van der Waals surface area contributed by atoms with Gasteiger partial charge in [0.2, 0.25) is 0 Å². The molecule has 1 fully saturated rings. The van der Waals surface area contributed by atoms with Crippen LogP contribution in [0.1, 0.15) is 79.3 Å². The molecule has 27 heavy (non-hydrogen) atoms. The van der Waals surface area contributed by atoms with Gasteiger partial charge in [0, 0.05) is 11.9 Å². The van der Waals surface area contributed by atoms with Crippen LogP contribution in [-0.2, 0) is 0 Å². The fourth-order valence-corrected chi connectivity index (χ4v) is 4.51. The second-order valence-corrected chi connectivity index (χ2v) is 8.10. The van der Waals surface area contributed by atoms with E-state index in [9.17, 15) is 0 Å². The third-order valence-electron chi connectivity index (χ3n) is 6.31. The summed E-state index contributed by atoms with van der Waals surface area (Å²) < 4.78 is 0. The molecule has 0 radical (unpaired) electrons. The Morgan fingerprint density at radius 1 is 0.963 bits per heavy atom. The third-order valence-corrected chi connectivity index (χ3v) is 6.31. The molecular formula is C26H33N. The Kier molecular flexibility index (Phi) is 6.66. The molecule has 0 saturated heterocycles. The summed E-state index contributed by atoms with van der Waals surface area (Å²) in [4.78, 5) is 4.53. The van der Waals surface area contributed by atoms with Gasteiger partial charge in [-0.3, -0.25) is 4.98 Å². The molecule has 1 nitrogen and oxygen atoms in total. The van der Waals surface area contributed by atoms with Gasteiger partial charge in [-0.2, -0.15) is 0 Å². The monoisotopic (exact) mass is 359 g/mol. The third kappa shape index (κ3) is 4.77. The van der Waals surface area contributed by atoms with Gasteiger partial charge >= 0.3 is 0 Å². The second kappa shape index (κ2) is 9.17. The van der Waals surface area contributed by atoms with Crippen molar-refractivity contribution in [3.63, 3.8) is 0 Å². The van der Waals surface area contributed by atoms with Crippen molar-refractivity contribution in [3.8, 4) is 0 Å². The van der Waals surface area contributed by atoms with E-state index in [1.165, 1.54) is 47.9 Å². The SMILES string of the molecule is C/C=C/C=C\c1c(C2CCC(C(C)c3ccc(C)cc3)CC2)ccnc1C. The van der Waals surface area contributed by atoms with Crippen molar-refractivity contribution in [1.29, 1.82) is 0 Å². The first-order valence-electron chi connectivity index (χ1n) is 10.4. The first kappa shape index (κ1) is 19.6. The minimum absolute atomic E-state index is 0.653. The molecule has 1 atom stereocenters. The molecule has 1 aliphatic rings. The first-order valence-corrected chi connectivity index (χ1v) is 10.4. The van der Waals surface area contributed by atoms with Crippen LogP contribution in [-0.4, -0.2) is 4.98 Å². The minimum atomic E-state index is 0.653. The molecule has 1 heteroatoms. The van der Waals surface area contributed by atoms with Crippen LogP contribution >= 0.6 is 0 Å².